The van der Waals surface area contributed by atoms with Crippen molar-refractivity contribution in [2.45, 2.75) is 31.2 Å². The molecule has 0 bridgehead atoms. The fourth-order valence-electron chi connectivity index (χ4n) is 3.33. The Bertz CT molecular complexity index is 1180. The first-order valence-electron chi connectivity index (χ1n) is 10.2. The molecule has 2 heterocycles. The third-order valence-corrected chi connectivity index (χ3v) is 5.79. The van der Waals surface area contributed by atoms with Crippen LogP contribution in [0.5, 0.6) is 5.75 Å². The second kappa shape index (κ2) is 9.26. The molecule has 0 unspecified atom stereocenters. The molecule has 2 aromatic carbocycles. The third-order valence-electron chi connectivity index (χ3n) is 4.77. The smallest absolute Gasteiger partial charge is 0.319 e. The number of nitrogens with one attached hydrogen (secondary N) is 1. The van der Waals surface area contributed by atoms with Crippen molar-refractivity contribution in [3.05, 3.63) is 54.7 Å². The quantitative estimate of drug-likeness (QED) is 0.314. The van der Waals surface area contributed by atoms with Crippen molar-refractivity contribution in [1.29, 1.82) is 0 Å². The lowest BCUT2D eigenvalue weighted by Crippen LogP contribution is -2.17. The number of para-hydroxylation sites is 1. The van der Waals surface area contributed by atoms with Crippen molar-refractivity contribution in [3.8, 4) is 22.8 Å². The average Bonchev–Trinajstić information content (AvgIpc) is 3.38. The van der Waals surface area contributed by atoms with Gasteiger partial charge < -0.3 is 14.5 Å². The molecule has 2 aromatic heterocycles. The van der Waals surface area contributed by atoms with Gasteiger partial charge in [0, 0.05) is 28.4 Å². The summed E-state index contributed by atoms with van der Waals surface area (Å²) in [5.74, 6) is 1.21. The predicted octanol–water partition coefficient (Wildman–Crippen LogP) is 4.86. The second-order valence-corrected chi connectivity index (χ2v) is 8.14. The number of esters is 1. The van der Waals surface area contributed by atoms with Gasteiger partial charge in [0.05, 0.1) is 13.2 Å². The first-order valence-corrected chi connectivity index (χ1v) is 11.1. The van der Waals surface area contributed by atoms with Crippen molar-refractivity contribution >= 4 is 28.6 Å². The van der Waals surface area contributed by atoms with Crippen LogP contribution in [0.3, 0.4) is 0 Å². The topological polar surface area (TPSA) is 82.0 Å². The number of ether oxygens (including phenoxy) is 2. The molecule has 4 aromatic rings. The van der Waals surface area contributed by atoms with E-state index in [2.05, 4.69) is 15.2 Å². The summed E-state index contributed by atoms with van der Waals surface area (Å²) in [5, 5.41) is 10.2. The van der Waals surface area contributed by atoms with Crippen LogP contribution in [0.2, 0.25) is 0 Å². The van der Waals surface area contributed by atoms with Gasteiger partial charge in [-0.25, -0.2) is 0 Å². The van der Waals surface area contributed by atoms with Crippen LogP contribution >= 0.6 is 11.8 Å². The van der Waals surface area contributed by atoms with E-state index < -0.39 is 5.25 Å². The SMILES string of the molecule is CCOC(=O)[C@@H](C)Sc1nnc(-c2c[nH]c3ccccc23)n1-c1ccc(OCC)cc1. The number of hydrogen-bond acceptors (Lipinski definition) is 6. The number of thioether (sulfide) groups is 1. The van der Waals surface area contributed by atoms with E-state index in [1.807, 2.05) is 73.1 Å². The maximum atomic E-state index is 12.2. The van der Waals surface area contributed by atoms with E-state index in [0.717, 1.165) is 27.9 Å². The van der Waals surface area contributed by atoms with Crippen LogP contribution in [0.15, 0.2) is 59.9 Å². The Kier molecular flexibility index (Phi) is 6.27. The summed E-state index contributed by atoms with van der Waals surface area (Å²) in [6.07, 6.45) is 1.93. The maximum absolute atomic E-state index is 12.2. The first kappa shape index (κ1) is 21.0. The summed E-state index contributed by atoms with van der Waals surface area (Å²) < 4.78 is 12.7. The Labute approximate surface area is 184 Å². The molecule has 0 aliphatic carbocycles. The van der Waals surface area contributed by atoms with Crippen LogP contribution < -0.4 is 4.74 Å². The minimum Gasteiger partial charge on any atom is -0.494 e. The standard InChI is InChI=1S/C23H24N4O3S/c1-4-29-17-12-10-16(11-13-17)27-21(19-14-24-20-9-7-6-8-18(19)20)25-26-23(27)31-15(3)22(28)30-5-2/h6-15,24H,4-5H2,1-3H3/t15-/m1/s1. The third kappa shape index (κ3) is 4.29. The molecule has 0 spiro atoms. The van der Waals surface area contributed by atoms with Gasteiger partial charge in [0.25, 0.3) is 0 Å². The number of aromatic amines is 1. The van der Waals surface area contributed by atoms with Gasteiger partial charge in [-0.15, -0.1) is 10.2 Å². The Hall–Kier alpha value is -3.26. The number of hydrogen-bond donors (Lipinski definition) is 1. The van der Waals surface area contributed by atoms with Gasteiger partial charge in [-0.3, -0.25) is 9.36 Å². The summed E-state index contributed by atoms with van der Waals surface area (Å²) in [6.45, 7) is 6.51. The lowest BCUT2D eigenvalue weighted by Gasteiger charge is -2.13. The molecule has 7 nitrogen and oxygen atoms in total. The minimum absolute atomic E-state index is 0.276. The summed E-state index contributed by atoms with van der Waals surface area (Å²) >= 11 is 1.32. The molecule has 0 aliphatic heterocycles. The summed E-state index contributed by atoms with van der Waals surface area (Å²) in [7, 11) is 0. The van der Waals surface area contributed by atoms with Crippen molar-refractivity contribution in [1.82, 2.24) is 19.7 Å². The number of benzene rings is 2. The number of carbonyl (C=O) groups is 1. The van der Waals surface area contributed by atoms with Crippen LogP contribution in [0, 0.1) is 0 Å². The van der Waals surface area contributed by atoms with Gasteiger partial charge in [0.2, 0.25) is 0 Å². The van der Waals surface area contributed by atoms with Crippen LogP contribution in [0.4, 0.5) is 0 Å². The Morgan fingerprint density at radius 3 is 2.61 bits per heavy atom. The molecule has 0 amide bonds. The number of aromatic nitrogens is 4. The van der Waals surface area contributed by atoms with E-state index in [1.54, 1.807) is 6.92 Å². The molecular formula is C23H24N4O3S. The van der Waals surface area contributed by atoms with Gasteiger partial charge in [-0.2, -0.15) is 0 Å². The highest BCUT2D eigenvalue weighted by atomic mass is 32.2. The van der Waals surface area contributed by atoms with Gasteiger partial charge >= 0.3 is 5.97 Å². The number of carbonyl (C=O) groups excluding carboxylic acids is 1. The molecular weight excluding hydrogens is 412 g/mol. The van der Waals surface area contributed by atoms with Gasteiger partial charge in [0.1, 0.15) is 11.0 Å². The van der Waals surface area contributed by atoms with Crippen LogP contribution in [-0.2, 0) is 9.53 Å². The van der Waals surface area contributed by atoms with E-state index in [-0.39, 0.29) is 5.97 Å². The molecule has 0 radical (unpaired) electrons. The molecule has 1 N–H and O–H groups in total. The second-order valence-electron chi connectivity index (χ2n) is 6.83. The Morgan fingerprint density at radius 1 is 1.10 bits per heavy atom. The minimum atomic E-state index is -0.415. The molecule has 160 valence electrons. The largest absolute Gasteiger partial charge is 0.494 e. The number of fused-ring (bicyclic) bond motifs is 1. The number of H-pyrrole nitrogens is 1. The van der Waals surface area contributed by atoms with Crippen molar-refractivity contribution in [2.24, 2.45) is 0 Å². The van der Waals surface area contributed by atoms with E-state index >= 15 is 0 Å². The number of rotatable bonds is 8. The zero-order valence-corrected chi connectivity index (χ0v) is 18.5. The highest BCUT2D eigenvalue weighted by molar-refractivity contribution is 8.00. The molecule has 0 fully saturated rings. The fraction of sp³-hybridized carbons (Fsp3) is 0.261. The summed E-state index contributed by atoms with van der Waals surface area (Å²) in [5.41, 5.74) is 2.84. The molecule has 0 aliphatic rings. The molecule has 1 atom stereocenters. The highest BCUT2D eigenvalue weighted by Crippen LogP contribution is 2.34. The lowest BCUT2D eigenvalue weighted by atomic mass is 10.1. The van der Waals surface area contributed by atoms with Crippen molar-refractivity contribution < 1.29 is 14.3 Å². The Morgan fingerprint density at radius 2 is 1.87 bits per heavy atom. The average molecular weight is 437 g/mol. The van der Waals surface area contributed by atoms with Crippen LogP contribution in [-0.4, -0.2) is 44.2 Å². The van der Waals surface area contributed by atoms with Crippen LogP contribution in [0.25, 0.3) is 28.0 Å². The zero-order chi connectivity index (χ0) is 21.8. The van der Waals surface area contributed by atoms with E-state index in [1.165, 1.54) is 11.8 Å². The number of nitrogens with zero attached hydrogens (tertiary/aromatic N) is 3. The highest BCUT2D eigenvalue weighted by Gasteiger charge is 2.23. The molecule has 31 heavy (non-hydrogen) atoms. The molecule has 0 saturated heterocycles. The molecule has 4 rings (SSSR count). The van der Waals surface area contributed by atoms with Crippen molar-refractivity contribution in [2.75, 3.05) is 13.2 Å². The van der Waals surface area contributed by atoms with E-state index in [4.69, 9.17) is 9.47 Å². The maximum Gasteiger partial charge on any atom is 0.319 e. The lowest BCUT2D eigenvalue weighted by molar-refractivity contribution is -0.142. The van der Waals surface area contributed by atoms with Gasteiger partial charge in [0.15, 0.2) is 11.0 Å². The first-order chi connectivity index (χ1) is 15.1. The zero-order valence-electron chi connectivity index (χ0n) is 17.7. The molecule has 8 heteroatoms. The normalized spacial score (nSPS) is 12.1. The molecule has 0 saturated carbocycles. The van der Waals surface area contributed by atoms with Crippen molar-refractivity contribution in [3.63, 3.8) is 0 Å². The monoisotopic (exact) mass is 436 g/mol. The van der Waals surface area contributed by atoms with Gasteiger partial charge in [-0.05, 0) is 51.1 Å². The van der Waals surface area contributed by atoms with E-state index in [0.29, 0.717) is 24.2 Å². The predicted molar refractivity (Wildman–Crippen MR) is 122 cm³/mol. The van der Waals surface area contributed by atoms with Crippen LogP contribution in [0.1, 0.15) is 20.8 Å². The summed E-state index contributed by atoms with van der Waals surface area (Å²) in [4.78, 5) is 15.5. The van der Waals surface area contributed by atoms with Gasteiger partial charge in [-0.1, -0.05) is 30.0 Å². The Balaban J connectivity index is 1.80. The van der Waals surface area contributed by atoms with E-state index in [9.17, 15) is 4.79 Å². The summed E-state index contributed by atoms with van der Waals surface area (Å²) in [6, 6.07) is 15.8. The fourth-order valence-corrected chi connectivity index (χ4v) is 4.20.